The lowest BCUT2D eigenvalue weighted by Crippen LogP contribution is -2.11. The summed E-state index contributed by atoms with van der Waals surface area (Å²) in [5.74, 6) is 0.580. The molecule has 1 saturated heterocycles. The first-order valence-corrected chi connectivity index (χ1v) is 6.17. The summed E-state index contributed by atoms with van der Waals surface area (Å²) in [5.41, 5.74) is 1.46. The van der Waals surface area contributed by atoms with E-state index in [0.717, 1.165) is 32.5 Å². The van der Waals surface area contributed by atoms with E-state index in [0.29, 0.717) is 5.92 Å². The van der Waals surface area contributed by atoms with Crippen LogP contribution in [0.3, 0.4) is 0 Å². The van der Waals surface area contributed by atoms with Gasteiger partial charge in [-0.2, -0.15) is 0 Å². The number of rotatable bonds is 6. The van der Waals surface area contributed by atoms with Gasteiger partial charge >= 0.3 is 0 Å². The molecule has 2 nitrogen and oxygen atoms in total. The minimum atomic E-state index is 0.0433. The molecule has 1 fully saturated rings. The van der Waals surface area contributed by atoms with Crippen LogP contribution in [0.4, 0.5) is 0 Å². The molecule has 0 aromatic rings. The standard InChI is InChI=1S/C13H24O2/c1-4-6-8-14-13-9-12(10-15-13)11(3)7-5-2/h7,12-13H,4-6,8-10H2,1-3H3/b11-7+. The largest absolute Gasteiger partial charge is 0.353 e. The van der Waals surface area contributed by atoms with Gasteiger partial charge in [0.05, 0.1) is 6.61 Å². The zero-order valence-electron chi connectivity index (χ0n) is 10.3. The third kappa shape index (κ3) is 4.35. The number of hydrogen-bond donors (Lipinski definition) is 0. The predicted octanol–water partition coefficient (Wildman–Crippen LogP) is 3.52. The van der Waals surface area contributed by atoms with Gasteiger partial charge in [0.2, 0.25) is 0 Å². The van der Waals surface area contributed by atoms with Crippen LogP contribution in [0.2, 0.25) is 0 Å². The van der Waals surface area contributed by atoms with E-state index in [9.17, 15) is 0 Å². The highest BCUT2D eigenvalue weighted by atomic mass is 16.7. The third-order valence-electron chi connectivity index (χ3n) is 2.93. The summed E-state index contributed by atoms with van der Waals surface area (Å²) in [6.45, 7) is 8.22. The topological polar surface area (TPSA) is 18.5 Å². The van der Waals surface area contributed by atoms with Gasteiger partial charge in [0.25, 0.3) is 0 Å². The molecule has 0 saturated carbocycles. The van der Waals surface area contributed by atoms with E-state index >= 15 is 0 Å². The van der Waals surface area contributed by atoms with Gasteiger partial charge in [-0.1, -0.05) is 31.9 Å². The van der Waals surface area contributed by atoms with Gasteiger partial charge < -0.3 is 9.47 Å². The van der Waals surface area contributed by atoms with E-state index in [1.807, 2.05) is 0 Å². The lowest BCUT2D eigenvalue weighted by atomic mass is 9.99. The Morgan fingerprint density at radius 1 is 1.47 bits per heavy atom. The molecule has 1 aliphatic heterocycles. The van der Waals surface area contributed by atoms with Crippen molar-refractivity contribution < 1.29 is 9.47 Å². The summed E-state index contributed by atoms with van der Waals surface area (Å²) in [7, 11) is 0. The predicted molar refractivity (Wildman–Crippen MR) is 62.8 cm³/mol. The molecule has 1 heterocycles. The van der Waals surface area contributed by atoms with Crippen LogP contribution in [0.25, 0.3) is 0 Å². The van der Waals surface area contributed by atoms with Crippen molar-refractivity contribution in [1.82, 2.24) is 0 Å². The fourth-order valence-corrected chi connectivity index (χ4v) is 1.87. The maximum atomic E-state index is 5.65. The second-order valence-corrected chi connectivity index (χ2v) is 4.28. The normalized spacial score (nSPS) is 27.3. The molecule has 2 unspecified atom stereocenters. The van der Waals surface area contributed by atoms with E-state index in [4.69, 9.17) is 9.47 Å². The molecule has 0 aromatic heterocycles. The van der Waals surface area contributed by atoms with Gasteiger partial charge in [-0.05, 0) is 19.8 Å². The molecule has 0 amide bonds. The van der Waals surface area contributed by atoms with Gasteiger partial charge in [0.1, 0.15) is 0 Å². The molecule has 2 atom stereocenters. The summed E-state index contributed by atoms with van der Waals surface area (Å²) < 4.78 is 11.3. The van der Waals surface area contributed by atoms with Crippen LogP contribution in [0.1, 0.15) is 46.5 Å². The average molecular weight is 212 g/mol. The van der Waals surface area contributed by atoms with Gasteiger partial charge in [0, 0.05) is 18.9 Å². The summed E-state index contributed by atoms with van der Waals surface area (Å²) in [5, 5.41) is 0. The van der Waals surface area contributed by atoms with Crippen molar-refractivity contribution in [3.8, 4) is 0 Å². The zero-order valence-corrected chi connectivity index (χ0v) is 10.3. The van der Waals surface area contributed by atoms with Crippen LogP contribution in [0.5, 0.6) is 0 Å². The SMILES string of the molecule is CC/C=C(\C)C1COC(OCCCC)C1. The first-order valence-electron chi connectivity index (χ1n) is 6.17. The van der Waals surface area contributed by atoms with E-state index in [-0.39, 0.29) is 6.29 Å². The Labute approximate surface area is 93.7 Å². The first kappa shape index (κ1) is 12.7. The van der Waals surface area contributed by atoms with Crippen LogP contribution in [0, 0.1) is 5.92 Å². The second-order valence-electron chi connectivity index (χ2n) is 4.28. The van der Waals surface area contributed by atoms with Gasteiger partial charge in [-0.25, -0.2) is 0 Å². The van der Waals surface area contributed by atoms with E-state index in [1.54, 1.807) is 0 Å². The van der Waals surface area contributed by atoms with Crippen molar-refractivity contribution in [1.29, 1.82) is 0 Å². The lowest BCUT2D eigenvalue weighted by molar-refractivity contribution is -0.111. The zero-order chi connectivity index (χ0) is 11.1. The minimum absolute atomic E-state index is 0.0433. The maximum absolute atomic E-state index is 5.65. The fourth-order valence-electron chi connectivity index (χ4n) is 1.87. The molecular formula is C13H24O2. The number of unbranched alkanes of at least 4 members (excludes halogenated alkanes) is 1. The monoisotopic (exact) mass is 212 g/mol. The Morgan fingerprint density at radius 2 is 2.27 bits per heavy atom. The second kappa shape index (κ2) is 7.02. The smallest absolute Gasteiger partial charge is 0.158 e. The van der Waals surface area contributed by atoms with Gasteiger partial charge in [0.15, 0.2) is 6.29 Å². The lowest BCUT2D eigenvalue weighted by Gasteiger charge is -2.10. The van der Waals surface area contributed by atoms with Crippen molar-refractivity contribution in [3.63, 3.8) is 0 Å². The highest BCUT2D eigenvalue weighted by Crippen LogP contribution is 2.26. The Hall–Kier alpha value is -0.340. The highest BCUT2D eigenvalue weighted by Gasteiger charge is 2.26. The minimum Gasteiger partial charge on any atom is -0.353 e. The van der Waals surface area contributed by atoms with Crippen LogP contribution >= 0.6 is 0 Å². The van der Waals surface area contributed by atoms with E-state index in [2.05, 4.69) is 26.8 Å². The summed E-state index contributed by atoms with van der Waals surface area (Å²) in [4.78, 5) is 0. The number of hydrogen-bond acceptors (Lipinski definition) is 2. The Kier molecular flexibility index (Phi) is 5.96. The van der Waals surface area contributed by atoms with E-state index < -0.39 is 0 Å². The summed E-state index contributed by atoms with van der Waals surface area (Å²) in [6.07, 6.45) is 6.80. The van der Waals surface area contributed by atoms with Crippen molar-refractivity contribution >= 4 is 0 Å². The summed E-state index contributed by atoms with van der Waals surface area (Å²) in [6, 6.07) is 0. The molecule has 0 aromatic carbocycles. The van der Waals surface area contributed by atoms with Gasteiger partial charge in [-0.15, -0.1) is 0 Å². The van der Waals surface area contributed by atoms with Crippen molar-refractivity contribution in [2.45, 2.75) is 52.7 Å². The van der Waals surface area contributed by atoms with Crippen LogP contribution in [-0.2, 0) is 9.47 Å². The van der Waals surface area contributed by atoms with Crippen molar-refractivity contribution in [2.75, 3.05) is 13.2 Å². The molecule has 0 aliphatic carbocycles. The molecule has 0 spiro atoms. The molecular weight excluding hydrogens is 188 g/mol. The van der Waals surface area contributed by atoms with Crippen LogP contribution < -0.4 is 0 Å². The van der Waals surface area contributed by atoms with Crippen LogP contribution in [-0.4, -0.2) is 19.5 Å². The van der Waals surface area contributed by atoms with Gasteiger partial charge in [-0.3, -0.25) is 0 Å². The van der Waals surface area contributed by atoms with E-state index in [1.165, 1.54) is 12.0 Å². The molecule has 0 N–H and O–H groups in total. The molecule has 0 radical (unpaired) electrons. The Morgan fingerprint density at radius 3 is 2.93 bits per heavy atom. The molecule has 15 heavy (non-hydrogen) atoms. The maximum Gasteiger partial charge on any atom is 0.158 e. The Bertz CT molecular complexity index is 199. The Balaban J connectivity index is 2.23. The highest BCUT2D eigenvalue weighted by molar-refractivity contribution is 5.04. The quantitative estimate of drug-likeness (QED) is 0.495. The average Bonchev–Trinajstić information content (AvgIpc) is 2.67. The fraction of sp³-hybridized carbons (Fsp3) is 0.846. The van der Waals surface area contributed by atoms with Crippen LogP contribution in [0.15, 0.2) is 11.6 Å². The number of allylic oxidation sites excluding steroid dienone is 1. The molecule has 1 aliphatic rings. The molecule has 0 bridgehead atoms. The molecule has 88 valence electrons. The van der Waals surface area contributed by atoms with Crippen molar-refractivity contribution in [2.24, 2.45) is 5.92 Å². The summed E-state index contributed by atoms with van der Waals surface area (Å²) >= 11 is 0. The third-order valence-corrected chi connectivity index (χ3v) is 2.93. The van der Waals surface area contributed by atoms with Crippen molar-refractivity contribution in [3.05, 3.63) is 11.6 Å². The molecule has 2 heteroatoms. The first-order chi connectivity index (χ1) is 7.27. The number of ether oxygens (including phenoxy) is 2. The molecule has 1 rings (SSSR count).